The maximum atomic E-state index is 5.39. The highest BCUT2D eigenvalue weighted by atomic mass is 32.1. The standard InChI is InChI=1S/C19H31N3S/c1-4-18-8-5-6-12-22(18)13-7-11-20-19(23)21-17-10-9-15(2)16(3)14-17/h9-10,14,18H,4-8,11-13H2,1-3H3,(H2,20,21,23). The Morgan fingerprint density at radius 2 is 2.09 bits per heavy atom. The van der Waals surface area contributed by atoms with Gasteiger partial charge in [-0.2, -0.15) is 0 Å². The minimum Gasteiger partial charge on any atom is -0.362 e. The van der Waals surface area contributed by atoms with E-state index in [-0.39, 0.29) is 0 Å². The summed E-state index contributed by atoms with van der Waals surface area (Å²) in [7, 11) is 0. The molecule has 1 unspecified atom stereocenters. The van der Waals surface area contributed by atoms with Crippen molar-refractivity contribution < 1.29 is 0 Å². The number of benzene rings is 1. The number of nitrogens with zero attached hydrogens (tertiary/aromatic N) is 1. The van der Waals surface area contributed by atoms with E-state index in [0.717, 1.165) is 29.8 Å². The average molecular weight is 334 g/mol. The van der Waals surface area contributed by atoms with Crippen LogP contribution in [0.4, 0.5) is 5.69 Å². The first-order chi connectivity index (χ1) is 11.1. The van der Waals surface area contributed by atoms with Crippen LogP contribution in [-0.4, -0.2) is 35.7 Å². The fourth-order valence-electron chi connectivity index (χ4n) is 3.30. The lowest BCUT2D eigenvalue weighted by molar-refractivity contribution is 0.143. The van der Waals surface area contributed by atoms with Gasteiger partial charge < -0.3 is 15.5 Å². The van der Waals surface area contributed by atoms with Crippen molar-refractivity contribution in [3.8, 4) is 0 Å². The number of thiocarbonyl (C=S) groups is 1. The molecule has 0 aliphatic carbocycles. The average Bonchev–Trinajstić information content (AvgIpc) is 2.55. The zero-order valence-corrected chi connectivity index (χ0v) is 15.6. The Morgan fingerprint density at radius 1 is 1.26 bits per heavy atom. The molecule has 1 atom stereocenters. The van der Waals surface area contributed by atoms with Gasteiger partial charge in [-0.3, -0.25) is 0 Å². The highest BCUT2D eigenvalue weighted by Gasteiger charge is 2.19. The molecule has 1 aliphatic rings. The molecule has 0 saturated carbocycles. The van der Waals surface area contributed by atoms with Gasteiger partial charge in [0, 0.05) is 24.8 Å². The molecule has 128 valence electrons. The van der Waals surface area contributed by atoms with E-state index in [1.54, 1.807) is 0 Å². The molecular weight excluding hydrogens is 302 g/mol. The Morgan fingerprint density at radius 3 is 2.83 bits per heavy atom. The summed E-state index contributed by atoms with van der Waals surface area (Å²) in [4.78, 5) is 2.66. The van der Waals surface area contributed by atoms with Gasteiger partial charge in [0.15, 0.2) is 5.11 Å². The van der Waals surface area contributed by atoms with Crippen LogP contribution in [0.25, 0.3) is 0 Å². The molecule has 4 heteroatoms. The Labute approximate surface area is 146 Å². The molecule has 0 bridgehead atoms. The molecule has 1 aliphatic heterocycles. The molecule has 0 amide bonds. The number of hydrogen-bond acceptors (Lipinski definition) is 2. The number of hydrogen-bond donors (Lipinski definition) is 2. The van der Waals surface area contributed by atoms with Crippen molar-refractivity contribution in [2.24, 2.45) is 0 Å². The van der Waals surface area contributed by atoms with Crippen molar-refractivity contribution in [2.75, 3.05) is 25.0 Å². The van der Waals surface area contributed by atoms with Gasteiger partial charge in [-0.05, 0) is 81.6 Å². The SMILES string of the molecule is CCC1CCCCN1CCCNC(=S)Nc1ccc(C)c(C)c1. The topological polar surface area (TPSA) is 27.3 Å². The minimum atomic E-state index is 0.721. The van der Waals surface area contributed by atoms with Crippen LogP contribution in [0.15, 0.2) is 18.2 Å². The fraction of sp³-hybridized carbons (Fsp3) is 0.632. The lowest BCUT2D eigenvalue weighted by Gasteiger charge is -2.35. The highest BCUT2D eigenvalue weighted by Crippen LogP contribution is 2.19. The second-order valence-corrected chi connectivity index (χ2v) is 7.04. The molecular formula is C19H31N3S. The van der Waals surface area contributed by atoms with Crippen LogP contribution in [0, 0.1) is 13.8 Å². The van der Waals surface area contributed by atoms with Crippen molar-refractivity contribution in [2.45, 2.75) is 58.9 Å². The summed E-state index contributed by atoms with van der Waals surface area (Å²) in [6.45, 7) is 9.94. The van der Waals surface area contributed by atoms with Gasteiger partial charge in [0.2, 0.25) is 0 Å². The van der Waals surface area contributed by atoms with Crippen LogP contribution >= 0.6 is 12.2 Å². The predicted molar refractivity (Wildman–Crippen MR) is 104 cm³/mol. The first-order valence-corrected chi connectivity index (χ1v) is 9.37. The maximum Gasteiger partial charge on any atom is 0.170 e. The predicted octanol–water partition coefficient (Wildman–Crippen LogP) is 4.24. The Hall–Kier alpha value is -1.13. The second-order valence-electron chi connectivity index (χ2n) is 6.63. The molecule has 0 aromatic heterocycles. The summed E-state index contributed by atoms with van der Waals surface area (Å²) in [5.41, 5.74) is 3.66. The summed E-state index contributed by atoms with van der Waals surface area (Å²) < 4.78 is 0. The van der Waals surface area contributed by atoms with E-state index in [9.17, 15) is 0 Å². The zero-order chi connectivity index (χ0) is 16.7. The van der Waals surface area contributed by atoms with Crippen LogP contribution in [-0.2, 0) is 0 Å². The lowest BCUT2D eigenvalue weighted by atomic mass is 10.00. The van der Waals surface area contributed by atoms with E-state index in [1.165, 1.54) is 49.9 Å². The molecule has 2 rings (SSSR count). The van der Waals surface area contributed by atoms with Gasteiger partial charge in [-0.25, -0.2) is 0 Å². The number of anilines is 1. The molecule has 23 heavy (non-hydrogen) atoms. The molecule has 1 heterocycles. The number of piperidine rings is 1. The quantitative estimate of drug-likeness (QED) is 0.601. The zero-order valence-electron chi connectivity index (χ0n) is 14.8. The van der Waals surface area contributed by atoms with Crippen LogP contribution in [0.5, 0.6) is 0 Å². The summed E-state index contributed by atoms with van der Waals surface area (Å²) in [5.74, 6) is 0. The summed E-state index contributed by atoms with van der Waals surface area (Å²) in [6, 6.07) is 7.14. The van der Waals surface area contributed by atoms with E-state index >= 15 is 0 Å². The molecule has 1 aromatic carbocycles. The molecule has 0 radical (unpaired) electrons. The summed E-state index contributed by atoms with van der Waals surface area (Å²) >= 11 is 5.39. The fourth-order valence-corrected chi connectivity index (χ4v) is 3.52. The largest absolute Gasteiger partial charge is 0.362 e. The van der Waals surface area contributed by atoms with Gasteiger partial charge in [-0.1, -0.05) is 19.4 Å². The van der Waals surface area contributed by atoms with Gasteiger partial charge in [0.05, 0.1) is 0 Å². The van der Waals surface area contributed by atoms with Crippen molar-refractivity contribution >= 4 is 23.0 Å². The Balaban J connectivity index is 1.67. The number of likely N-dealkylation sites (tertiary alicyclic amines) is 1. The molecule has 2 N–H and O–H groups in total. The van der Waals surface area contributed by atoms with Crippen LogP contribution in [0.3, 0.4) is 0 Å². The van der Waals surface area contributed by atoms with E-state index in [2.05, 4.69) is 54.5 Å². The van der Waals surface area contributed by atoms with Crippen molar-refractivity contribution in [1.82, 2.24) is 10.2 Å². The van der Waals surface area contributed by atoms with Gasteiger partial charge in [-0.15, -0.1) is 0 Å². The van der Waals surface area contributed by atoms with Gasteiger partial charge in [0.1, 0.15) is 0 Å². The normalized spacial score (nSPS) is 18.7. The van der Waals surface area contributed by atoms with Crippen LogP contribution in [0.2, 0.25) is 0 Å². The highest BCUT2D eigenvalue weighted by molar-refractivity contribution is 7.80. The number of rotatable bonds is 6. The Kier molecular flexibility index (Phi) is 7.31. The van der Waals surface area contributed by atoms with Crippen molar-refractivity contribution in [1.29, 1.82) is 0 Å². The van der Waals surface area contributed by atoms with E-state index in [4.69, 9.17) is 12.2 Å². The lowest BCUT2D eigenvalue weighted by Crippen LogP contribution is -2.40. The van der Waals surface area contributed by atoms with Gasteiger partial charge in [0.25, 0.3) is 0 Å². The first-order valence-electron chi connectivity index (χ1n) is 8.96. The number of aryl methyl sites for hydroxylation is 2. The van der Waals surface area contributed by atoms with E-state index < -0.39 is 0 Å². The molecule has 1 aromatic rings. The molecule has 3 nitrogen and oxygen atoms in total. The van der Waals surface area contributed by atoms with Crippen molar-refractivity contribution in [3.05, 3.63) is 29.3 Å². The maximum absolute atomic E-state index is 5.39. The number of nitrogens with one attached hydrogen (secondary N) is 2. The smallest absolute Gasteiger partial charge is 0.170 e. The van der Waals surface area contributed by atoms with Gasteiger partial charge >= 0.3 is 0 Å². The summed E-state index contributed by atoms with van der Waals surface area (Å²) in [5, 5.41) is 7.33. The monoisotopic (exact) mass is 333 g/mol. The van der Waals surface area contributed by atoms with E-state index in [1.807, 2.05) is 0 Å². The molecule has 1 fully saturated rings. The third kappa shape index (κ3) is 5.78. The third-order valence-corrected chi connectivity index (χ3v) is 5.14. The first kappa shape index (κ1) is 18.2. The van der Waals surface area contributed by atoms with Crippen molar-refractivity contribution in [3.63, 3.8) is 0 Å². The van der Waals surface area contributed by atoms with Crippen LogP contribution < -0.4 is 10.6 Å². The van der Waals surface area contributed by atoms with E-state index in [0.29, 0.717) is 0 Å². The summed E-state index contributed by atoms with van der Waals surface area (Å²) in [6.07, 6.45) is 6.55. The molecule has 1 saturated heterocycles. The van der Waals surface area contributed by atoms with Crippen LogP contribution in [0.1, 0.15) is 50.2 Å². The second kappa shape index (κ2) is 9.24. The third-order valence-electron chi connectivity index (χ3n) is 4.89. The Bertz CT molecular complexity index is 515. The molecule has 0 spiro atoms. The minimum absolute atomic E-state index is 0.721.